The number of hydrogen-bond acceptors (Lipinski definition) is 4. The van der Waals surface area contributed by atoms with E-state index in [4.69, 9.17) is 22.3 Å². The lowest BCUT2D eigenvalue weighted by Gasteiger charge is -2.04. The molecular formula is C10H12ClN3O. The Morgan fingerprint density at radius 3 is 2.40 bits per heavy atom. The lowest BCUT2D eigenvalue weighted by Crippen LogP contribution is -2.14. The molecule has 0 fully saturated rings. The van der Waals surface area contributed by atoms with E-state index in [1.807, 2.05) is 12.1 Å². The molecule has 0 unspecified atom stereocenters. The zero-order chi connectivity index (χ0) is 11.3. The molecule has 1 rings (SSSR count). The van der Waals surface area contributed by atoms with Gasteiger partial charge in [0.05, 0.1) is 5.71 Å². The lowest BCUT2D eigenvalue weighted by atomic mass is 10.1. The van der Waals surface area contributed by atoms with Crippen LogP contribution in [0.2, 0.25) is 5.02 Å². The first-order chi connectivity index (χ1) is 7.19. The molecule has 0 amide bonds. The Hall–Kier alpha value is -1.55. The second-order valence-electron chi connectivity index (χ2n) is 2.84. The Balaban J connectivity index is 3.11. The quantitative estimate of drug-likeness (QED) is 0.486. The van der Waals surface area contributed by atoms with Crippen LogP contribution < -0.4 is 5.84 Å². The largest absolute Gasteiger partial charge is 0.399 e. The summed E-state index contributed by atoms with van der Waals surface area (Å²) in [6, 6.07) is 7.20. The second-order valence-corrected chi connectivity index (χ2v) is 3.28. The molecule has 15 heavy (non-hydrogen) atoms. The Morgan fingerprint density at radius 2 is 1.93 bits per heavy atom. The fraction of sp³-hybridized carbons (Fsp3) is 0.200. The Morgan fingerprint density at radius 1 is 1.33 bits per heavy atom. The number of oxime groups is 1. The number of halogens is 1. The van der Waals surface area contributed by atoms with E-state index < -0.39 is 0 Å². The van der Waals surface area contributed by atoms with Crippen LogP contribution >= 0.6 is 11.6 Å². The molecule has 0 aliphatic rings. The van der Waals surface area contributed by atoms with Gasteiger partial charge in [0.2, 0.25) is 0 Å². The minimum absolute atomic E-state index is 0.594. The number of hydrogen-bond donors (Lipinski definition) is 1. The van der Waals surface area contributed by atoms with Gasteiger partial charge in [-0.2, -0.15) is 5.10 Å². The normalized spacial score (nSPS) is 12.7. The van der Waals surface area contributed by atoms with Gasteiger partial charge in [-0.3, -0.25) is 0 Å². The molecule has 1 aromatic rings. The first kappa shape index (κ1) is 11.5. The van der Waals surface area contributed by atoms with Crippen LogP contribution in [-0.4, -0.2) is 18.5 Å². The summed E-state index contributed by atoms with van der Waals surface area (Å²) in [6.07, 6.45) is 0. The molecule has 0 aliphatic carbocycles. The molecule has 4 nitrogen and oxygen atoms in total. The molecule has 0 saturated carbocycles. The van der Waals surface area contributed by atoms with E-state index in [1.165, 1.54) is 7.11 Å². The lowest BCUT2D eigenvalue weighted by molar-refractivity contribution is 0.214. The number of rotatable bonds is 3. The summed E-state index contributed by atoms with van der Waals surface area (Å²) in [7, 11) is 1.47. The van der Waals surface area contributed by atoms with Crippen LogP contribution in [-0.2, 0) is 4.84 Å². The maximum absolute atomic E-state index is 5.78. The van der Waals surface area contributed by atoms with Gasteiger partial charge in [0.1, 0.15) is 12.8 Å². The molecule has 2 N–H and O–H groups in total. The van der Waals surface area contributed by atoms with E-state index >= 15 is 0 Å². The van der Waals surface area contributed by atoms with Crippen LogP contribution in [0.5, 0.6) is 0 Å². The van der Waals surface area contributed by atoms with E-state index in [0.717, 1.165) is 5.56 Å². The monoisotopic (exact) mass is 225 g/mol. The van der Waals surface area contributed by atoms with Crippen molar-refractivity contribution in [1.29, 1.82) is 0 Å². The maximum atomic E-state index is 5.78. The highest BCUT2D eigenvalue weighted by molar-refractivity contribution is 6.47. The number of benzene rings is 1. The topological polar surface area (TPSA) is 60.0 Å². The smallest absolute Gasteiger partial charge is 0.132 e. The van der Waals surface area contributed by atoms with Gasteiger partial charge in [0.25, 0.3) is 0 Å². The van der Waals surface area contributed by atoms with Gasteiger partial charge in [-0.15, -0.1) is 0 Å². The summed E-state index contributed by atoms with van der Waals surface area (Å²) >= 11 is 5.78. The number of nitrogens with two attached hydrogens (primary N) is 1. The number of hydrazone groups is 1. The van der Waals surface area contributed by atoms with Crippen LogP contribution in [0, 0.1) is 0 Å². The van der Waals surface area contributed by atoms with Crippen molar-refractivity contribution in [3.05, 3.63) is 34.9 Å². The standard InChI is InChI=1S/C10H12ClN3O/c1-7(13-12)10(14-15-2)8-3-5-9(11)6-4-8/h3-6H,12H2,1-2H3. The van der Waals surface area contributed by atoms with Crippen molar-refractivity contribution in [3.63, 3.8) is 0 Å². The Kier molecular flexibility index (Phi) is 4.12. The van der Waals surface area contributed by atoms with E-state index in [-0.39, 0.29) is 0 Å². The molecule has 5 heteroatoms. The average molecular weight is 226 g/mol. The van der Waals surface area contributed by atoms with Gasteiger partial charge in [-0.25, -0.2) is 0 Å². The molecule has 0 aromatic heterocycles. The highest BCUT2D eigenvalue weighted by Crippen LogP contribution is 2.11. The third-order valence-corrected chi connectivity index (χ3v) is 2.09. The van der Waals surface area contributed by atoms with Crippen LogP contribution in [0.25, 0.3) is 0 Å². The van der Waals surface area contributed by atoms with Crippen molar-refractivity contribution in [3.8, 4) is 0 Å². The highest BCUT2D eigenvalue weighted by atomic mass is 35.5. The van der Waals surface area contributed by atoms with Crippen molar-refractivity contribution in [2.24, 2.45) is 16.1 Å². The summed E-state index contributed by atoms with van der Waals surface area (Å²) in [5, 5.41) is 8.10. The van der Waals surface area contributed by atoms with Gasteiger partial charge >= 0.3 is 0 Å². The summed E-state index contributed by atoms with van der Waals surface area (Å²) in [6.45, 7) is 1.76. The minimum Gasteiger partial charge on any atom is -0.399 e. The molecule has 1 aromatic carbocycles. The van der Waals surface area contributed by atoms with E-state index in [2.05, 4.69) is 10.3 Å². The molecule has 0 heterocycles. The van der Waals surface area contributed by atoms with Crippen molar-refractivity contribution < 1.29 is 4.84 Å². The fourth-order valence-corrected chi connectivity index (χ4v) is 1.21. The van der Waals surface area contributed by atoms with Crippen LogP contribution in [0.4, 0.5) is 0 Å². The van der Waals surface area contributed by atoms with Gasteiger partial charge in [-0.1, -0.05) is 28.9 Å². The molecular weight excluding hydrogens is 214 g/mol. The fourth-order valence-electron chi connectivity index (χ4n) is 1.09. The van der Waals surface area contributed by atoms with Gasteiger partial charge < -0.3 is 10.7 Å². The second kappa shape index (κ2) is 5.36. The highest BCUT2D eigenvalue weighted by Gasteiger charge is 2.08. The van der Waals surface area contributed by atoms with E-state index in [0.29, 0.717) is 16.4 Å². The van der Waals surface area contributed by atoms with Crippen molar-refractivity contribution >= 4 is 23.0 Å². The predicted octanol–water partition coefficient (Wildman–Crippen LogP) is 2.03. The first-order valence-electron chi connectivity index (χ1n) is 4.31. The third kappa shape index (κ3) is 2.95. The van der Waals surface area contributed by atoms with Gasteiger partial charge in [0.15, 0.2) is 0 Å². The molecule has 0 aliphatic heterocycles. The van der Waals surface area contributed by atoms with Crippen molar-refractivity contribution in [2.45, 2.75) is 6.92 Å². The molecule has 80 valence electrons. The Bertz CT molecular complexity index is 384. The summed E-state index contributed by atoms with van der Waals surface area (Å²) in [5.41, 5.74) is 2.05. The molecule has 0 bridgehead atoms. The SMILES string of the molecule is CON=C(C(C)=NN)c1ccc(Cl)cc1. The van der Waals surface area contributed by atoms with Gasteiger partial charge in [0, 0.05) is 10.6 Å². The molecule has 0 saturated heterocycles. The van der Waals surface area contributed by atoms with E-state index in [9.17, 15) is 0 Å². The average Bonchev–Trinajstić information content (AvgIpc) is 2.26. The van der Waals surface area contributed by atoms with Crippen LogP contribution in [0.3, 0.4) is 0 Å². The molecule has 0 radical (unpaired) electrons. The van der Waals surface area contributed by atoms with Crippen molar-refractivity contribution in [1.82, 2.24) is 0 Å². The summed E-state index contributed by atoms with van der Waals surface area (Å²) in [5.74, 6) is 5.20. The third-order valence-electron chi connectivity index (χ3n) is 1.84. The number of nitrogens with zero attached hydrogens (tertiary/aromatic N) is 2. The first-order valence-corrected chi connectivity index (χ1v) is 4.68. The maximum Gasteiger partial charge on any atom is 0.132 e. The van der Waals surface area contributed by atoms with E-state index in [1.54, 1.807) is 19.1 Å². The minimum atomic E-state index is 0.594. The summed E-state index contributed by atoms with van der Waals surface area (Å²) in [4.78, 5) is 4.73. The summed E-state index contributed by atoms with van der Waals surface area (Å²) < 4.78 is 0. The van der Waals surface area contributed by atoms with Gasteiger partial charge in [-0.05, 0) is 19.1 Å². The zero-order valence-corrected chi connectivity index (χ0v) is 9.32. The Labute approximate surface area is 93.4 Å². The van der Waals surface area contributed by atoms with Crippen molar-refractivity contribution in [2.75, 3.05) is 7.11 Å². The predicted molar refractivity (Wildman–Crippen MR) is 62.3 cm³/mol. The van der Waals surface area contributed by atoms with Crippen LogP contribution in [0.1, 0.15) is 12.5 Å². The molecule has 0 atom stereocenters. The zero-order valence-electron chi connectivity index (χ0n) is 8.57. The molecule has 0 spiro atoms. The van der Waals surface area contributed by atoms with Crippen LogP contribution in [0.15, 0.2) is 34.5 Å².